The molecule has 1 amide bonds. The minimum Gasteiger partial charge on any atom is -0.385 e. The Morgan fingerprint density at radius 2 is 2.00 bits per heavy atom. The van der Waals surface area contributed by atoms with Gasteiger partial charge in [0.05, 0.1) is 11.3 Å². The fourth-order valence-corrected chi connectivity index (χ4v) is 2.36. The lowest BCUT2D eigenvalue weighted by Gasteiger charge is -2.19. The van der Waals surface area contributed by atoms with Crippen LogP contribution in [-0.2, 0) is 6.54 Å². The van der Waals surface area contributed by atoms with Crippen LogP contribution in [-0.4, -0.2) is 24.9 Å². The Morgan fingerprint density at radius 3 is 2.67 bits per heavy atom. The summed E-state index contributed by atoms with van der Waals surface area (Å²) in [6.07, 6.45) is 0. The highest BCUT2D eigenvalue weighted by atomic mass is 35.5. The van der Waals surface area contributed by atoms with Gasteiger partial charge in [-0.15, -0.1) is 0 Å². The number of para-hydroxylation sites is 1. The molecule has 2 rings (SSSR count). The highest BCUT2D eigenvalue weighted by molar-refractivity contribution is 6.30. The summed E-state index contributed by atoms with van der Waals surface area (Å²) < 4.78 is 13.7. The Kier molecular flexibility index (Phi) is 4.81. The fourth-order valence-electron chi connectivity index (χ4n) is 2.14. The van der Waals surface area contributed by atoms with E-state index in [0.717, 1.165) is 5.56 Å². The standard InChI is InChI=1S/C16H16ClFN2O/c1-19-15-13(7-4-8-14(15)18)16(21)20(2)10-11-5-3-6-12(17)9-11/h3-9,19H,10H2,1-2H3. The van der Waals surface area contributed by atoms with E-state index in [1.165, 1.54) is 17.0 Å². The monoisotopic (exact) mass is 306 g/mol. The average molecular weight is 307 g/mol. The first-order valence-corrected chi connectivity index (χ1v) is 6.87. The number of anilines is 1. The van der Waals surface area contributed by atoms with Crippen molar-refractivity contribution in [3.8, 4) is 0 Å². The Labute approximate surface area is 128 Å². The Morgan fingerprint density at radius 1 is 1.29 bits per heavy atom. The predicted molar refractivity (Wildman–Crippen MR) is 83.2 cm³/mol. The number of benzene rings is 2. The number of nitrogens with one attached hydrogen (secondary N) is 1. The van der Waals surface area contributed by atoms with Crippen LogP contribution in [0.15, 0.2) is 42.5 Å². The predicted octanol–water partition coefficient (Wildman–Crippen LogP) is 3.79. The van der Waals surface area contributed by atoms with Crippen LogP contribution in [0.2, 0.25) is 5.02 Å². The second kappa shape index (κ2) is 6.59. The van der Waals surface area contributed by atoms with Gasteiger partial charge in [0.25, 0.3) is 5.91 Å². The van der Waals surface area contributed by atoms with Crippen LogP contribution < -0.4 is 5.32 Å². The number of halogens is 2. The van der Waals surface area contributed by atoms with Crippen LogP contribution >= 0.6 is 11.6 Å². The zero-order chi connectivity index (χ0) is 15.4. The number of carbonyl (C=O) groups excluding carboxylic acids is 1. The third kappa shape index (κ3) is 3.52. The van der Waals surface area contributed by atoms with Gasteiger partial charge in [0.15, 0.2) is 0 Å². The molecule has 21 heavy (non-hydrogen) atoms. The van der Waals surface area contributed by atoms with Crippen molar-refractivity contribution in [1.82, 2.24) is 4.90 Å². The highest BCUT2D eigenvalue weighted by Gasteiger charge is 2.18. The largest absolute Gasteiger partial charge is 0.385 e. The van der Waals surface area contributed by atoms with Crippen molar-refractivity contribution in [2.45, 2.75) is 6.54 Å². The molecule has 110 valence electrons. The SMILES string of the molecule is CNc1c(F)cccc1C(=O)N(C)Cc1cccc(Cl)c1. The molecule has 3 nitrogen and oxygen atoms in total. The lowest BCUT2D eigenvalue weighted by atomic mass is 10.1. The van der Waals surface area contributed by atoms with E-state index < -0.39 is 5.82 Å². The minimum absolute atomic E-state index is 0.209. The highest BCUT2D eigenvalue weighted by Crippen LogP contribution is 2.21. The zero-order valence-corrected chi connectivity index (χ0v) is 12.6. The Balaban J connectivity index is 2.22. The van der Waals surface area contributed by atoms with E-state index in [1.807, 2.05) is 12.1 Å². The lowest BCUT2D eigenvalue weighted by molar-refractivity contribution is 0.0785. The summed E-state index contributed by atoms with van der Waals surface area (Å²) >= 11 is 5.93. The third-order valence-corrected chi connectivity index (χ3v) is 3.38. The van der Waals surface area contributed by atoms with Crippen molar-refractivity contribution in [1.29, 1.82) is 0 Å². The van der Waals surface area contributed by atoms with Crippen molar-refractivity contribution in [3.63, 3.8) is 0 Å². The van der Waals surface area contributed by atoms with Crippen molar-refractivity contribution in [2.75, 3.05) is 19.4 Å². The molecule has 0 aliphatic heterocycles. The zero-order valence-electron chi connectivity index (χ0n) is 11.9. The normalized spacial score (nSPS) is 10.3. The topological polar surface area (TPSA) is 32.3 Å². The van der Waals surface area contributed by atoms with Gasteiger partial charge >= 0.3 is 0 Å². The van der Waals surface area contributed by atoms with E-state index in [4.69, 9.17) is 11.6 Å². The molecule has 2 aromatic carbocycles. The van der Waals surface area contributed by atoms with E-state index in [9.17, 15) is 9.18 Å². The smallest absolute Gasteiger partial charge is 0.256 e. The average Bonchev–Trinajstić information content (AvgIpc) is 2.46. The minimum atomic E-state index is -0.445. The van der Waals surface area contributed by atoms with Gasteiger partial charge in [-0.3, -0.25) is 4.79 Å². The molecule has 2 aromatic rings. The summed E-state index contributed by atoms with van der Waals surface area (Å²) in [5.41, 5.74) is 1.43. The van der Waals surface area contributed by atoms with Crippen LogP contribution in [0.5, 0.6) is 0 Å². The van der Waals surface area contributed by atoms with Gasteiger partial charge in [0, 0.05) is 25.7 Å². The number of amides is 1. The van der Waals surface area contributed by atoms with Gasteiger partial charge in [0.1, 0.15) is 5.82 Å². The summed E-state index contributed by atoms with van der Waals surface area (Å²) in [5.74, 6) is -0.696. The molecule has 0 spiro atoms. The molecule has 1 N–H and O–H groups in total. The Bertz CT molecular complexity index is 660. The van der Waals surface area contributed by atoms with Crippen molar-refractivity contribution < 1.29 is 9.18 Å². The maximum absolute atomic E-state index is 13.7. The number of rotatable bonds is 4. The molecule has 0 atom stereocenters. The molecule has 0 aromatic heterocycles. The molecular formula is C16H16ClFN2O. The number of carbonyl (C=O) groups is 1. The van der Waals surface area contributed by atoms with Gasteiger partial charge in [-0.05, 0) is 29.8 Å². The van der Waals surface area contributed by atoms with E-state index in [2.05, 4.69) is 5.32 Å². The molecular weight excluding hydrogens is 291 g/mol. The molecule has 0 heterocycles. The van der Waals surface area contributed by atoms with Crippen LogP contribution in [0, 0.1) is 5.82 Å². The van der Waals surface area contributed by atoms with Crippen LogP contribution in [0.1, 0.15) is 15.9 Å². The molecule has 0 unspecified atom stereocenters. The van der Waals surface area contributed by atoms with Crippen molar-refractivity contribution in [3.05, 3.63) is 64.4 Å². The van der Waals surface area contributed by atoms with Gasteiger partial charge in [-0.2, -0.15) is 0 Å². The van der Waals surface area contributed by atoms with Crippen LogP contribution in [0.25, 0.3) is 0 Å². The molecule has 0 radical (unpaired) electrons. The molecule has 0 fully saturated rings. The fraction of sp³-hybridized carbons (Fsp3) is 0.188. The molecule has 0 saturated heterocycles. The van der Waals surface area contributed by atoms with Crippen LogP contribution in [0.3, 0.4) is 0 Å². The van der Waals surface area contributed by atoms with Gasteiger partial charge in [-0.25, -0.2) is 4.39 Å². The second-order valence-corrected chi connectivity index (χ2v) is 5.14. The summed E-state index contributed by atoms with van der Waals surface area (Å²) in [7, 11) is 3.26. The van der Waals surface area contributed by atoms with E-state index in [1.54, 1.807) is 32.3 Å². The molecule has 0 bridgehead atoms. The summed E-state index contributed by atoms with van der Waals surface area (Å²) in [6, 6.07) is 11.7. The maximum atomic E-state index is 13.7. The van der Waals surface area contributed by atoms with E-state index in [-0.39, 0.29) is 11.6 Å². The van der Waals surface area contributed by atoms with E-state index >= 15 is 0 Å². The van der Waals surface area contributed by atoms with Gasteiger partial charge in [0.2, 0.25) is 0 Å². The molecule has 0 aliphatic rings. The van der Waals surface area contributed by atoms with Crippen LogP contribution in [0.4, 0.5) is 10.1 Å². The number of nitrogens with zero attached hydrogens (tertiary/aromatic N) is 1. The van der Waals surface area contributed by atoms with Crippen molar-refractivity contribution in [2.24, 2.45) is 0 Å². The van der Waals surface area contributed by atoms with Crippen molar-refractivity contribution >= 4 is 23.2 Å². The summed E-state index contributed by atoms with van der Waals surface area (Å²) in [5, 5.41) is 3.35. The second-order valence-electron chi connectivity index (χ2n) is 4.70. The first kappa shape index (κ1) is 15.3. The maximum Gasteiger partial charge on any atom is 0.256 e. The number of hydrogen-bond donors (Lipinski definition) is 1. The van der Waals surface area contributed by atoms with Gasteiger partial charge in [-0.1, -0.05) is 29.8 Å². The molecule has 0 saturated carbocycles. The third-order valence-electron chi connectivity index (χ3n) is 3.15. The summed E-state index contributed by atoms with van der Waals surface area (Å²) in [4.78, 5) is 14.0. The summed E-state index contributed by atoms with van der Waals surface area (Å²) in [6.45, 7) is 0.402. The molecule has 5 heteroatoms. The first-order chi connectivity index (χ1) is 10.0. The van der Waals surface area contributed by atoms with Gasteiger partial charge < -0.3 is 10.2 Å². The first-order valence-electron chi connectivity index (χ1n) is 6.49. The quantitative estimate of drug-likeness (QED) is 0.932. The molecule has 0 aliphatic carbocycles. The Hall–Kier alpha value is -2.07. The lowest BCUT2D eigenvalue weighted by Crippen LogP contribution is -2.27. The number of hydrogen-bond acceptors (Lipinski definition) is 2. The van der Waals surface area contributed by atoms with E-state index in [0.29, 0.717) is 17.1 Å².